The van der Waals surface area contributed by atoms with E-state index in [4.69, 9.17) is 9.47 Å². The molecule has 0 heterocycles. The van der Waals surface area contributed by atoms with Gasteiger partial charge in [0.1, 0.15) is 6.29 Å². The number of ether oxygens (including phenoxy) is 2. The molecule has 4 heteroatoms. The molecular weight excluding hydrogens is 170 g/mol. The Morgan fingerprint density at radius 3 is 2.46 bits per heavy atom. The van der Waals surface area contributed by atoms with Crippen LogP contribution < -0.4 is 5.32 Å². The first-order valence-corrected chi connectivity index (χ1v) is 4.71. The summed E-state index contributed by atoms with van der Waals surface area (Å²) in [6, 6.07) is 0. The Hall–Kier alpha value is -0.450. The second-order valence-electron chi connectivity index (χ2n) is 2.53. The van der Waals surface area contributed by atoms with Gasteiger partial charge in [-0.2, -0.15) is 0 Å². The first-order valence-electron chi connectivity index (χ1n) is 4.71. The average Bonchev–Trinajstić information content (AvgIpc) is 2.16. The maximum Gasteiger partial charge on any atom is 0.122 e. The van der Waals surface area contributed by atoms with Crippen molar-refractivity contribution in [1.82, 2.24) is 5.32 Å². The van der Waals surface area contributed by atoms with Crippen LogP contribution in [0.15, 0.2) is 0 Å². The van der Waals surface area contributed by atoms with Crippen molar-refractivity contribution in [1.29, 1.82) is 0 Å². The van der Waals surface area contributed by atoms with Crippen molar-refractivity contribution in [3.05, 3.63) is 0 Å². The standard InChI is InChI=1S/C9H19NO3/c1-2-10-4-7-13-9-8-12-6-3-5-11/h5,10H,2-4,6-9H2,1H3. The van der Waals surface area contributed by atoms with Gasteiger partial charge in [-0.05, 0) is 6.54 Å². The molecule has 0 aliphatic carbocycles. The van der Waals surface area contributed by atoms with Gasteiger partial charge >= 0.3 is 0 Å². The maximum absolute atomic E-state index is 9.89. The van der Waals surface area contributed by atoms with Gasteiger partial charge < -0.3 is 19.6 Å². The Morgan fingerprint density at radius 2 is 1.85 bits per heavy atom. The molecule has 0 unspecified atom stereocenters. The minimum absolute atomic E-state index is 0.470. The summed E-state index contributed by atoms with van der Waals surface area (Å²) in [7, 11) is 0. The van der Waals surface area contributed by atoms with Gasteiger partial charge in [0.15, 0.2) is 0 Å². The van der Waals surface area contributed by atoms with E-state index in [0.717, 1.165) is 19.4 Å². The molecule has 4 nitrogen and oxygen atoms in total. The van der Waals surface area contributed by atoms with Crippen molar-refractivity contribution in [3.8, 4) is 0 Å². The summed E-state index contributed by atoms with van der Waals surface area (Å²) in [4.78, 5) is 9.89. The summed E-state index contributed by atoms with van der Waals surface area (Å²) in [6.45, 7) is 6.29. The number of nitrogens with one attached hydrogen (secondary N) is 1. The summed E-state index contributed by atoms with van der Waals surface area (Å²) < 4.78 is 10.3. The van der Waals surface area contributed by atoms with E-state index < -0.39 is 0 Å². The van der Waals surface area contributed by atoms with E-state index in [1.807, 2.05) is 0 Å². The van der Waals surface area contributed by atoms with E-state index >= 15 is 0 Å². The minimum atomic E-state index is 0.470. The van der Waals surface area contributed by atoms with Crippen LogP contribution in [0.1, 0.15) is 13.3 Å². The van der Waals surface area contributed by atoms with Gasteiger partial charge in [-0.1, -0.05) is 6.92 Å². The third-order valence-electron chi connectivity index (χ3n) is 1.43. The van der Waals surface area contributed by atoms with Gasteiger partial charge in [-0.25, -0.2) is 0 Å². The predicted molar refractivity (Wildman–Crippen MR) is 50.9 cm³/mol. The molecule has 0 atom stereocenters. The molecule has 0 amide bonds. The molecule has 0 aromatic carbocycles. The fraction of sp³-hybridized carbons (Fsp3) is 0.889. The first-order chi connectivity index (χ1) is 6.41. The topological polar surface area (TPSA) is 47.6 Å². The number of carbonyl (C=O) groups excluding carboxylic acids is 1. The van der Waals surface area contributed by atoms with Gasteiger partial charge in [0.2, 0.25) is 0 Å². The number of hydrogen-bond donors (Lipinski definition) is 1. The van der Waals surface area contributed by atoms with Crippen LogP contribution in [0.4, 0.5) is 0 Å². The average molecular weight is 189 g/mol. The quantitative estimate of drug-likeness (QED) is 0.394. The molecule has 78 valence electrons. The largest absolute Gasteiger partial charge is 0.379 e. The van der Waals surface area contributed by atoms with Crippen LogP contribution in [-0.4, -0.2) is 45.8 Å². The molecule has 0 aromatic heterocycles. The second kappa shape index (κ2) is 11.6. The highest BCUT2D eigenvalue weighted by Crippen LogP contribution is 1.80. The molecule has 0 saturated carbocycles. The number of carbonyl (C=O) groups is 1. The van der Waals surface area contributed by atoms with Crippen LogP contribution >= 0.6 is 0 Å². The second-order valence-corrected chi connectivity index (χ2v) is 2.53. The number of rotatable bonds is 10. The minimum Gasteiger partial charge on any atom is -0.379 e. The Balaban J connectivity index is 2.79. The number of likely N-dealkylation sites (N-methyl/N-ethyl adjacent to an activating group) is 1. The highest BCUT2D eigenvalue weighted by Gasteiger charge is 1.89. The molecule has 1 N–H and O–H groups in total. The molecular formula is C9H19NO3. The van der Waals surface area contributed by atoms with E-state index in [2.05, 4.69) is 12.2 Å². The third-order valence-corrected chi connectivity index (χ3v) is 1.43. The highest BCUT2D eigenvalue weighted by atomic mass is 16.5. The fourth-order valence-corrected chi connectivity index (χ4v) is 0.775. The van der Waals surface area contributed by atoms with Crippen molar-refractivity contribution in [3.63, 3.8) is 0 Å². The molecule has 13 heavy (non-hydrogen) atoms. The van der Waals surface area contributed by atoms with Crippen molar-refractivity contribution in [2.24, 2.45) is 0 Å². The zero-order chi connectivity index (χ0) is 9.78. The molecule has 0 rings (SSSR count). The summed E-state index contributed by atoms with van der Waals surface area (Å²) in [5.74, 6) is 0. The van der Waals surface area contributed by atoms with Crippen LogP contribution in [0.3, 0.4) is 0 Å². The number of aldehydes is 1. The van der Waals surface area contributed by atoms with Crippen molar-refractivity contribution >= 4 is 6.29 Å². The molecule has 0 aromatic rings. The van der Waals surface area contributed by atoms with Gasteiger partial charge in [0, 0.05) is 13.0 Å². The Kier molecular flexibility index (Phi) is 11.2. The van der Waals surface area contributed by atoms with Gasteiger partial charge in [0.05, 0.1) is 26.4 Å². The lowest BCUT2D eigenvalue weighted by Crippen LogP contribution is -2.20. The summed E-state index contributed by atoms with van der Waals surface area (Å²) >= 11 is 0. The predicted octanol–water partition coefficient (Wildman–Crippen LogP) is 0.218. The third kappa shape index (κ3) is 11.5. The van der Waals surface area contributed by atoms with Crippen LogP contribution in [0.5, 0.6) is 0 Å². The molecule has 0 radical (unpaired) electrons. The molecule has 0 aliphatic heterocycles. The van der Waals surface area contributed by atoms with E-state index in [0.29, 0.717) is 32.8 Å². The van der Waals surface area contributed by atoms with Crippen molar-refractivity contribution in [2.45, 2.75) is 13.3 Å². The smallest absolute Gasteiger partial charge is 0.122 e. The monoisotopic (exact) mass is 189 g/mol. The lowest BCUT2D eigenvalue weighted by Gasteiger charge is -2.04. The lowest BCUT2D eigenvalue weighted by molar-refractivity contribution is -0.108. The zero-order valence-electron chi connectivity index (χ0n) is 8.25. The van der Waals surface area contributed by atoms with Crippen LogP contribution in [0, 0.1) is 0 Å². The molecule has 0 bridgehead atoms. The van der Waals surface area contributed by atoms with Crippen LogP contribution in [0.2, 0.25) is 0 Å². The van der Waals surface area contributed by atoms with E-state index in [9.17, 15) is 4.79 Å². The molecule has 0 spiro atoms. The van der Waals surface area contributed by atoms with Crippen molar-refractivity contribution < 1.29 is 14.3 Å². The summed E-state index contributed by atoms with van der Waals surface area (Å²) in [5.41, 5.74) is 0. The maximum atomic E-state index is 9.89. The van der Waals surface area contributed by atoms with E-state index in [-0.39, 0.29) is 0 Å². The molecule has 0 saturated heterocycles. The zero-order valence-corrected chi connectivity index (χ0v) is 8.25. The Morgan fingerprint density at radius 1 is 1.15 bits per heavy atom. The van der Waals surface area contributed by atoms with Crippen LogP contribution in [-0.2, 0) is 14.3 Å². The Bertz CT molecular complexity index is 109. The highest BCUT2D eigenvalue weighted by molar-refractivity contribution is 5.49. The molecule has 0 aliphatic rings. The lowest BCUT2D eigenvalue weighted by atomic mass is 10.5. The van der Waals surface area contributed by atoms with Gasteiger partial charge in [0.25, 0.3) is 0 Å². The van der Waals surface area contributed by atoms with E-state index in [1.54, 1.807) is 0 Å². The SMILES string of the molecule is CCNCCOCCOCCC=O. The molecule has 0 fully saturated rings. The fourth-order valence-electron chi connectivity index (χ4n) is 0.775. The van der Waals surface area contributed by atoms with E-state index in [1.165, 1.54) is 0 Å². The van der Waals surface area contributed by atoms with Crippen LogP contribution in [0.25, 0.3) is 0 Å². The van der Waals surface area contributed by atoms with Crippen molar-refractivity contribution in [2.75, 3.05) is 39.5 Å². The summed E-state index contributed by atoms with van der Waals surface area (Å²) in [5, 5.41) is 3.15. The normalized spacial score (nSPS) is 10.2. The number of hydrogen-bond acceptors (Lipinski definition) is 4. The first kappa shape index (κ1) is 12.6. The summed E-state index contributed by atoms with van der Waals surface area (Å²) in [6.07, 6.45) is 1.32. The van der Waals surface area contributed by atoms with Gasteiger partial charge in [-0.15, -0.1) is 0 Å². The van der Waals surface area contributed by atoms with Gasteiger partial charge in [-0.3, -0.25) is 0 Å². The Labute approximate surface area is 79.6 Å².